The van der Waals surface area contributed by atoms with Crippen molar-refractivity contribution in [3.63, 3.8) is 0 Å². The largest absolute Gasteiger partial charge is 0.352 e. The normalized spacial score (nSPS) is 31.0. The van der Waals surface area contributed by atoms with Crippen molar-refractivity contribution < 1.29 is 9.47 Å². The molecule has 12 heavy (non-hydrogen) atoms. The van der Waals surface area contributed by atoms with Gasteiger partial charge in [0.15, 0.2) is 6.29 Å². The SMILES string of the molecule is CC(C)C1OCC(CCI)CO1. The van der Waals surface area contributed by atoms with E-state index in [-0.39, 0.29) is 6.29 Å². The van der Waals surface area contributed by atoms with E-state index in [1.54, 1.807) is 0 Å². The Balaban J connectivity index is 2.20. The molecule has 0 amide bonds. The highest BCUT2D eigenvalue weighted by Gasteiger charge is 2.23. The average Bonchev–Trinajstić information content (AvgIpc) is 2.06. The van der Waals surface area contributed by atoms with Crippen LogP contribution in [0.3, 0.4) is 0 Å². The second-order valence-corrected chi connectivity index (χ2v) is 4.70. The Morgan fingerprint density at radius 3 is 2.33 bits per heavy atom. The van der Waals surface area contributed by atoms with E-state index in [0.29, 0.717) is 11.8 Å². The van der Waals surface area contributed by atoms with Gasteiger partial charge in [0.1, 0.15) is 0 Å². The molecule has 0 saturated carbocycles. The number of alkyl halides is 1. The zero-order valence-electron chi connectivity index (χ0n) is 7.75. The maximum absolute atomic E-state index is 5.58. The van der Waals surface area contributed by atoms with E-state index in [1.807, 2.05) is 0 Å². The monoisotopic (exact) mass is 284 g/mol. The zero-order valence-corrected chi connectivity index (χ0v) is 9.91. The molecule has 0 spiro atoms. The topological polar surface area (TPSA) is 18.5 Å². The summed E-state index contributed by atoms with van der Waals surface area (Å²) in [6, 6.07) is 0. The van der Waals surface area contributed by atoms with Gasteiger partial charge in [-0.1, -0.05) is 36.4 Å². The second-order valence-electron chi connectivity index (χ2n) is 3.62. The van der Waals surface area contributed by atoms with Crippen molar-refractivity contribution in [2.24, 2.45) is 11.8 Å². The summed E-state index contributed by atoms with van der Waals surface area (Å²) in [4.78, 5) is 0. The van der Waals surface area contributed by atoms with Crippen LogP contribution in [0.4, 0.5) is 0 Å². The first-order valence-corrected chi connectivity index (χ1v) is 6.05. The molecule has 1 heterocycles. The predicted molar refractivity (Wildman–Crippen MR) is 57.5 cm³/mol. The molecule has 0 aromatic heterocycles. The first-order valence-electron chi connectivity index (χ1n) is 4.53. The molecule has 1 aliphatic rings. The molecule has 1 aliphatic heterocycles. The van der Waals surface area contributed by atoms with E-state index in [9.17, 15) is 0 Å². The minimum absolute atomic E-state index is 0.0375. The van der Waals surface area contributed by atoms with Gasteiger partial charge in [0.2, 0.25) is 0 Å². The quantitative estimate of drug-likeness (QED) is 0.585. The third-order valence-corrected chi connectivity index (χ3v) is 2.68. The molecule has 1 saturated heterocycles. The van der Waals surface area contributed by atoms with Crippen molar-refractivity contribution in [3.05, 3.63) is 0 Å². The predicted octanol–water partition coefficient (Wildman–Crippen LogP) is 2.46. The Kier molecular flexibility index (Phi) is 4.82. The molecule has 1 fully saturated rings. The summed E-state index contributed by atoms with van der Waals surface area (Å²) >= 11 is 2.40. The molecule has 0 N–H and O–H groups in total. The van der Waals surface area contributed by atoms with Crippen molar-refractivity contribution in [1.29, 1.82) is 0 Å². The molecule has 72 valence electrons. The molecule has 3 heteroatoms. The molecular formula is C9H17IO2. The minimum Gasteiger partial charge on any atom is -0.352 e. The van der Waals surface area contributed by atoms with Gasteiger partial charge in [0, 0.05) is 11.8 Å². The number of ether oxygens (including phenoxy) is 2. The van der Waals surface area contributed by atoms with Gasteiger partial charge in [0.25, 0.3) is 0 Å². The van der Waals surface area contributed by atoms with Gasteiger partial charge in [-0.25, -0.2) is 0 Å². The van der Waals surface area contributed by atoms with E-state index < -0.39 is 0 Å². The third kappa shape index (κ3) is 3.18. The summed E-state index contributed by atoms with van der Waals surface area (Å²) in [6.07, 6.45) is 1.25. The zero-order chi connectivity index (χ0) is 8.97. The average molecular weight is 284 g/mol. The minimum atomic E-state index is 0.0375. The van der Waals surface area contributed by atoms with Crippen LogP contribution in [0.15, 0.2) is 0 Å². The lowest BCUT2D eigenvalue weighted by molar-refractivity contribution is -0.219. The highest BCUT2D eigenvalue weighted by atomic mass is 127. The number of hydrogen-bond acceptors (Lipinski definition) is 2. The summed E-state index contributed by atoms with van der Waals surface area (Å²) in [5, 5.41) is 0. The van der Waals surface area contributed by atoms with Gasteiger partial charge in [-0.05, 0) is 10.8 Å². The second kappa shape index (κ2) is 5.40. The summed E-state index contributed by atoms with van der Waals surface area (Å²) in [5.74, 6) is 1.10. The lowest BCUT2D eigenvalue weighted by Gasteiger charge is -2.31. The van der Waals surface area contributed by atoms with Gasteiger partial charge < -0.3 is 9.47 Å². The van der Waals surface area contributed by atoms with Gasteiger partial charge >= 0.3 is 0 Å². The number of rotatable bonds is 3. The molecule has 0 aromatic rings. The Hall–Kier alpha value is 0.650. The number of hydrogen-bond donors (Lipinski definition) is 0. The van der Waals surface area contributed by atoms with Crippen LogP contribution in [0.5, 0.6) is 0 Å². The Labute approximate surface area is 88.1 Å². The highest BCUT2D eigenvalue weighted by Crippen LogP contribution is 2.19. The van der Waals surface area contributed by atoms with Gasteiger partial charge in [0.05, 0.1) is 13.2 Å². The first-order chi connectivity index (χ1) is 5.74. The Morgan fingerprint density at radius 1 is 1.33 bits per heavy atom. The molecule has 0 aromatic carbocycles. The lowest BCUT2D eigenvalue weighted by atomic mass is 10.1. The Bertz CT molecular complexity index is 120. The molecule has 1 rings (SSSR count). The van der Waals surface area contributed by atoms with Crippen molar-refractivity contribution in [1.82, 2.24) is 0 Å². The van der Waals surface area contributed by atoms with Crippen LogP contribution in [0, 0.1) is 11.8 Å². The van der Waals surface area contributed by atoms with Crippen LogP contribution in [0.25, 0.3) is 0 Å². The van der Waals surface area contributed by atoms with Crippen molar-refractivity contribution in [3.8, 4) is 0 Å². The standard InChI is InChI=1S/C9H17IO2/c1-7(2)9-11-5-8(3-4-10)6-12-9/h7-9H,3-6H2,1-2H3. The van der Waals surface area contributed by atoms with E-state index in [4.69, 9.17) is 9.47 Å². The first kappa shape index (κ1) is 10.7. The third-order valence-electron chi connectivity index (χ3n) is 2.05. The lowest BCUT2D eigenvalue weighted by Crippen LogP contribution is -2.35. The highest BCUT2D eigenvalue weighted by molar-refractivity contribution is 14.1. The van der Waals surface area contributed by atoms with Crippen LogP contribution in [-0.2, 0) is 9.47 Å². The molecule has 0 atom stereocenters. The molecule has 0 bridgehead atoms. The van der Waals surface area contributed by atoms with Crippen molar-refractivity contribution in [2.75, 3.05) is 17.6 Å². The van der Waals surface area contributed by atoms with Crippen LogP contribution in [0.1, 0.15) is 20.3 Å². The molecule has 0 unspecified atom stereocenters. The number of halogens is 1. The summed E-state index contributed by atoms with van der Waals surface area (Å²) < 4.78 is 12.4. The summed E-state index contributed by atoms with van der Waals surface area (Å²) in [7, 11) is 0. The van der Waals surface area contributed by atoms with Crippen LogP contribution >= 0.6 is 22.6 Å². The van der Waals surface area contributed by atoms with Crippen LogP contribution in [-0.4, -0.2) is 23.9 Å². The maximum Gasteiger partial charge on any atom is 0.159 e. The van der Waals surface area contributed by atoms with E-state index >= 15 is 0 Å². The van der Waals surface area contributed by atoms with Crippen molar-refractivity contribution in [2.45, 2.75) is 26.6 Å². The van der Waals surface area contributed by atoms with Crippen LogP contribution in [0.2, 0.25) is 0 Å². The fraction of sp³-hybridized carbons (Fsp3) is 1.00. The van der Waals surface area contributed by atoms with Gasteiger partial charge in [-0.3, -0.25) is 0 Å². The molecule has 0 radical (unpaired) electrons. The molecular weight excluding hydrogens is 267 g/mol. The fourth-order valence-corrected chi connectivity index (χ4v) is 2.14. The molecule has 0 aliphatic carbocycles. The fourth-order valence-electron chi connectivity index (χ4n) is 1.26. The maximum atomic E-state index is 5.58. The van der Waals surface area contributed by atoms with Gasteiger partial charge in [-0.2, -0.15) is 0 Å². The van der Waals surface area contributed by atoms with Crippen LogP contribution < -0.4 is 0 Å². The van der Waals surface area contributed by atoms with E-state index in [1.165, 1.54) is 10.8 Å². The van der Waals surface area contributed by atoms with E-state index in [2.05, 4.69) is 36.4 Å². The van der Waals surface area contributed by atoms with Crippen molar-refractivity contribution >= 4 is 22.6 Å². The summed E-state index contributed by atoms with van der Waals surface area (Å²) in [6.45, 7) is 6.02. The smallest absolute Gasteiger partial charge is 0.159 e. The van der Waals surface area contributed by atoms with E-state index in [0.717, 1.165) is 13.2 Å². The van der Waals surface area contributed by atoms with Gasteiger partial charge in [-0.15, -0.1) is 0 Å². The Morgan fingerprint density at radius 2 is 1.92 bits per heavy atom. The summed E-state index contributed by atoms with van der Waals surface area (Å²) in [5.41, 5.74) is 0. The molecule has 2 nitrogen and oxygen atoms in total.